The van der Waals surface area contributed by atoms with E-state index >= 15 is 0 Å². The van der Waals surface area contributed by atoms with E-state index in [9.17, 15) is 9.90 Å². The van der Waals surface area contributed by atoms with E-state index in [1.165, 1.54) is 0 Å². The van der Waals surface area contributed by atoms with Gasteiger partial charge in [0.1, 0.15) is 0 Å². The summed E-state index contributed by atoms with van der Waals surface area (Å²) in [6.07, 6.45) is 5.61. The number of rotatable bonds is 6. The standard InChI is InChI=1S/C20H25ClN6O2/c1-11(2)19-24-25-26-27(19)15-6-14(18(22)29)7-20(8-15,13(4)10-28)17-16(21)5-12(3)9-23-17/h5-6,8-9,11,13,28H,7,10H2,1-4H3,(H2,22,29)/t13-,20?/m1/s1. The van der Waals surface area contributed by atoms with Gasteiger partial charge in [-0.1, -0.05) is 32.4 Å². The van der Waals surface area contributed by atoms with Crippen LogP contribution in [0.25, 0.3) is 5.70 Å². The normalized spacial score (nSPS) is 20.4. The zero-order chi connectivity index (χ0) is 21.3. The second-order valence-corrected chi connectivity index (χ2v) is 8.26. The molecule has 2 aromatic rings. The molecule has 0 aromatic carbocycles. The molecule has 1 aliphatic rings. The number of tetrazole rings is 1. The number of carbonyl (C=O) groups is 1. The molecule has 1 amide bonds. The van der Waals surface area contributed by atoms with Gasteiger partial charge in [0.25, 0.3) is 0 Å². The van der Waals surface area contributed by atoms with Crippen molar-refractivity contribution in [3.05, 3.63) is 52.1 Å². The number of primary amides is 1. The molecule has 2 atom stereocenters. The van der Waals surface area contributed by atoms with E-state index in [4.69, 9.17) is 17.3 Å². The van der Waals surface area contributed by atoms with E-state index in [1.54, 1.807) is 17.0 Å². The number of hydrogen-bond donors (Lipinski definition) is 2. The number of allylic oxidation sites excluding steroid dienone is 3. The van der Waals surface area contributed by atoms with Crippen LogP contribution in [0.15, 0.2) is 30.0 Å². The van der Waals surface area contributed by atoms with E-state index in [1.807, 2.05) is 39.8 Å². The fourth-order valence-electron chi connectivity index (χ4n) is 3.66. The van der Waals surface area contributed by atoms with E-state index in [0.717, 1.165) is 5.56 Å². The average Bonchev–Trinajstić information content (AvgIpc) is 3.17. The first-order valence-electron chi connectivity index (χ1n) is 9.45. The van der Waals surface area contributed by atoms with Crippen LogP contribution in [0.3, 0.4) is 0 Å². The summed E-state index contributed by atoms with van der Waals surface area (Å²) >= 11 is 6.58. The van der Waals surface area contributed by atoms with Crippen molar-refractivity contribution in [1.29, 1.82) is 0 Å². The number of pyridine rings is 1. The Labute approximate surface area is 174 Å². The highest BCUT2D eigenvalue weighted by Gasteiger charge is 2.43. The smallest absolute Gasteiger partial charge is 0.244 e. The van der Waals surface area contributed by atoms with E-state index in [0.29, 0.717) is 27.8 Å². The minimum absolute atomic E-state index is 0.0593. The summed E-state index contributed by atoms with van der Waals surface area (Å²) in [5, 5.41) is 22.5. The lowest BCUT2D eigenvalue weighted by Gasteiger charge is -2.39. The molecule has 0 spiro atoms. The Morgan fingerprint density at radius 1 is 1.41 bits per heavy atom. The second-order valence-electron chi connectivity index (χ2n) is 7.85. The molecule has 3 N–H and O–H groups in total. The van der Waals surface area contributed by atoms with Crippen molar-refractivity contribution >= 4 is 23.2 Å². The third-order valence-electron chi connectivity index (χ3n) is 5.35. The number of nitrogens with zero attached hydrogens (tertiary/aromatic N) is 5. The molecule has 0 saturated heterocycles. The van der Waals surface area contributed by atoms with Gasteiger partial charge in [-0.3, -0.25) is 9.78 Å². The second kappa shape index (κ2) is 8.04. The molecule has 29 heavy (non-hydrogen) atoms. The Hall–Kier alpha value is -2.58. The highest BCUT2D eigenvalue weighted by Crippen LogP contribution is 2.46. The monoisotopic (exact) mass is 416 g/mol. The maximum Gasteiger partial charge on any atom is 0.244 e. The van der Waals surface area contributed by atoms with Gasteiger partial charge in [-0.2, -0.15) is 4.68 Å². The van der Waals surface area contributed by atoms with Crippen LogP contribution in [0.5, 0.6) is 0 Å². The van der Waals surface area contributed by atoms with Gasteiger partial charge in [0.05, 0.1) is 16.4 Å². The number of aromatic nitrogens is 5. The Bertz CT molecular complexity index is 997. The first-order valence-corrected chi connectivity index (χ1v) is 9.82. The number of amides is 1. The maximum atomic E-state index is 12.2. The van der Waals surface area contributed by atoms with Crippen molar-refractivity contribution < 1.29 is 9.90 Å². The highest BCUT2D eigenvalue weighted by molar-refractivity contribution is 6.31. The minimum Gasteiger partial charge on any atom is -0.396 e. The van der Waals surface area contributed by atoms with Gasteiger partial charge in [0.2, 0.25) is 5.91 Å². The van der Waals surface area contributed by atoms with Gasteiger partial charge < -0.3 is 10.8 Å². The Kier molecular flexibility index (Phi) is 5.86. The molecule has 1 aliphatic carbocycles. The lowest BCUT2D eigenvalue weighted by molar-refractivity contribution is -0.114. The molecular formula is C20H25ClN6O2. The van der Waals surface area contributed by atoms with Gasteiger partial charge >= 0.3 is 0 Å². The van der Waals surface area contributed by atoms with E-state index in [2.05, 4.69) is 20.5 Å². The molecule has 8 nitrogen and oxygen atoms in total. The van der Waals surface area contributed by atoms with Crippen molar-refractivity contribution in [2.45, 2.75) is 45.4 Å². The summed E-state index contributed by atoms with van der Waals surface area (Å²) in [6.45, 7) is 7.61. The molecule has 9 heteroatoms. The molecule has 154 valence electrons. The average molecular weight is 417 g/mol. The molecule has 3 rings (SSSR count). The highest BCUT2D eigenvalue weighted by atomic mass is 35.5. The first kappa shape index (κ1) is 21.1. The first-order chi connectivity index (χ1) is 13.7. The summed E-state index contributed by atoms with van der Waals surface area (Å²) in [7, 11) is 0. The van der Waals surface area contributed by atoms with Crippen LogP contribution in [-0.2, 0) is 10.2 Å². The van der Waals surface area contributed by atoms with E-state index in [-0.39, 0.29) is 24.9 Å². The van der Waals surface area contributed by atoms with E-state index < -0.39 is 11.3 Å². The van der Waals surface area contributed by atoms with Crippen LogP contribution in [0.2, 0.25) is 5.02 Å². The molecule has 0 fully saturated rings. The summed E-state index contributed by atoms with van der Waals surface area (Å²) in [6, 6.07) is 1.82. The van der Waals surface area contributed by atoms with Crippen molar-refractivity contribution in [3.63, 3.8) is 0 Å². The largest absolute Gasteiger partial charge is 0.396 e. The summed E-state index contributed by atoms with van der Waals surface area (Å²) in [5.74, 6) is -0.143. The van der Waals surface area contributed by atoms with Crippen LogP contribution in [0.4, 0.5) is 0 Å². The van der Waals surface area contributed by atoms with Gasteiger partial charge in [-0.25, -0.2) is 0 Å². The number of hydrogen-bond acceptors (Lipinski definition) is 6. The molecule has 1 unspecified atom stereocenters. The zero-order valence-corrected chi connectivity index (χ0v) is 17.7. The summed E-state index contributed by atoms with van der Waals surface area (Å²) < 4.78 is 1.59. The van der Waals surface area contributed by atoms with Gasteiger partial charge in [-0.15, -0.1) is 5.10 Å². The van der Waals surface area contributed by atoms with Crippen LogP contribution < -0.4 is 5.73 Å². The van der Waals surface area contributed by atoms with Crippen molar-refractivity contribution in [1.82, 2.24) is 25.2 Å². The van der Waals surface area contributed by atoms with Crippen LogP contribution in [0, 0.1) is 12.8 Å². The van der Waals surface area contributed by atoms with Crippen molar-refractivity contribution in [3.8, 4) is 0 Å². The lowest BCUT2D eigenvalue weighted by atomic mass is 9.66. The minimum atomic E-state index is -0.853. The lowest BCUT2D eigenvalue weighted by Crippen LogP contribution is -2.39. The quantitative estimate of drug-likeness (QED) is 0.745. The Balaban J connectivity index is 2.30. The molecule has 2 aromatic heterocycles. The van der Waals surface area contributed by atoms with Crippen molar-refractivity contribution in [2.75, 3.05) is 6.61 Å². The van der Waals surface area contributed by atoms with Gasteiger partial charge in [-0.05, 0) is 53.5 Å². The Morgan fingerprint density at radius 2 is 2.14 bits per heavy atom. The van der Waals surface area contributed by atoms with Crippen LogP contribution in [0.1, 0.15) is 50.2 Å². The van der Waals surface area contributed by atoms with Crippen LogP contribution >= 0.6 is 11.6 Å². The molecule has 0 radical (unpaired) electrons. The number of nitrogens with two attached hydrogens (primary N) is 1. The number of carbonyl (C=O) groups excluding carboxylic acids is 1. The predicted molar refractivity (Wildman–Crippen MR) is 110 cm³/mol. The van der Waals surface area contributed by atoms with Crippen LogP contribution in [-0.4, -0.2) is 42.8 Å². The topological polar surface area (TPSA) is 120 Å². The summed E-state index contributed by atoms with van der Waals surface area (Å²) in [4.78, 5) is 16.8. The third kappa shape index (κ3) is 3.82. The molecule has 0 aliphatic heterocycles. The van der Waals surface area contributed by atoms with Gasteiger partial charge in [0.15, 0.2) is 5.82 Å². The Morgan fingerprint density at radius 3 is 2.72 bits per heavy atom. The number of aliphatic hydroxyl groups is 1. The predicted octanol–water partition coefficient (Wildman–Crippen LogP) is 2.38. The molecule has 0 bridgehead atoms. The summed E-state index contributed by atoms with van der Waals surface area (Å²) in [5.41, 5.74) is 7.30. The SMILES string of the molecule is Cc1cnc(C2([C@H](C)CO)C=C(n3nnnc3C(C)C)C=C(C(N)=O)C2)c(Cl)c1. The van der Waals surface area contributed by atoms with Gasteiger partial charge in [0, 0.05) is 29.7 Å². The number of halogens is 1. The zero-order valence-electron chi connectivity index (χ0n) is 16.9. The van der Waals surface area contributed by atoms with Crippen molar-refractivity contribution in [2.24, 2.45) is 11.7 Å². The number of aryl methyl sites for hydroxylation is 1. The molecular weight excluding hydrogens is 392 g/mol. The maximum absolute atomic E-state index is 12.2. The fourth-order valence-corrected chi connectivity index (χ4v) is 4.06. The fraction of sp³-hybridized carbons (Fsp3) is 0.450. The third-order valence-corrected chi connectivity index (χ3v) is 5.64. The number of aliphatic hydroxyl groups excluding tert-OH is 1. The molecule has 0 saturated carbocycles. The molecule has 2 heterocycles.